The minimum absolute atomic E-state index is 0.00921. The molecular formula is C25H30F4N6O. The standard InChI is InChI=1S/C25H30F4N6O/c1-4-33-13-19-10-18(33)14-34(19)11-16-5-6-17(20(26)9-16)12-35-21(7-8-25(27,28)29)31-22-15(2)30-24(36-3)32-23(22)35/h5-6,9,18-19H,4,7-8,10-14H2,1-3H3/t18-,19-/m1/s1. The van der Waals surface area contributed by atoms with E-state index in [2.05, 4.69) is 31.7 Å². The van der Waals surface area contributed by atoms with E-state index in [0.717, 1.165) is 31.6 Å². The van der Waals surface area contributed by atoms with Gasteiger partial charge in [0, 0.05) is 43.7 Å². The Balaban J connectivity index is 1.40. The van der Waals surface area contributed by atoms with E-state index in [4.69, 9.17) is 4.74 Å². The van der Waals surface area contributed by atoms with Crippen molar-refractivity contribution in [1.82, 2.24) is 29.3 Å². The molecule has 194 valence electrons. The number of alkyl halides is 3. The highest BCUT2D eigenvalue weighted by Crippen LogP contribution is 2.32. The highest BCUT2D eigenvalue weighted by molar-refractivity contribution is 5.74. The van der Waals surface area contributed by atoms with E-state index in [1.165, 1.54) is 17.7 Å². The molecule has 2 aliphatic heterocycles. The highest BCUT2D eigenvalue weighted by atomic mass is 19.4. The quantitative estimate of drug-likeness (QED) is 0.429. The third kappa shape index (κ3) is 4.90. The number of fused-ring (bicyclic) bond motifs is 3. The van der Waals surface area contributed by atoms with Crippen molar-refractivity contribution < 1.29 is 22.3 Å². The Labute approximate surface area is 207 Å². The van der Waals surface area contributed by atoms with Crippen LogP contribution in [-0.2, 0) is 19.5 Å². The van der Waals surface area contributed by atoms with Crippen molar-refractivity contribution in [3.05, 3.63) is 46.7 Å². The van der Waals surface area contributed by atoms with E-state index >= 15 is 4.39 Å². The molecule has 0 unspecified atom stereocenters. The Morgan fingerprint density at radius 2 is 1.81 bits per heavy atom. The van der Waals surface area contributed by atoms with Crippen molar-refractivity contribution in [2.24, 2.45) is 0 Å². The number of halogens is 4. The molecule has 2 aliphatic rings. The van der Waals surface area contributed by atoms with Crippen LogP contribution < -0.4 is 4.74 Å². The van der Waals surface area contributed by atoms with Gasteiger partial charge in [0.1, 0.15) is 17.2 Å². The van der Waals surface area contributed by atoms with Gasteiger partial charge in [0.2, 0.25) is 0 Å². The summed E-state index contributed by atoms with van der Waals surface area (Å²) in [5.41, 5.74) is 2.45. The number of benzene rings is 1. The fraction of sp³-hybridized carbons (Fsp3) is 0.560. The third-order valence-corrected chi connectivity index (χ3v) is 7.35. The molecule has 1 aromatic carbocycles. The fourth-order valence-corrected chi connectivity index (χ4v) is 5.49. The third-order valence-electron chi connectivity index (χ3n) is 7.35. The Morgan fingerprint density at radius 3 is 2.44 bits per heavy atom. The molecule has 2 aromatic heterocycles. The second-order valence-electron chi connectivity index (χ2n) is 9.68. The van der Waals surface area contributed by atoms with Crippen LogP contribution in [0.5, 0.6) is 6.01 Å². The first-order valence-electron chi connectivity index (χ1n) is 12.2. The summed E-state index contributed by atoms with van der Waals surface area (Å²) in [5.74, 6) is -0.210. The maximum Gasteiger partial charge on any atom is 0.389 e. The van der Waals surface area contributed by atoms with Gasteiger partial charge >= 0.3 is 12.2 Å². The lowest BCUT2D eigenvalue weighted by Gasteiger charge is -2.33. The molecular weight excluding hydrogens is 476 g/mol. The van der Waals surface area contributed by atoms with Crippen LogP contribution in [0.2, 0.25) is 0 Å². The Kier molecular flexibility index (Phi) is 6.63. The number of ether oxygens (including phenoxy) is 1. The van der Waals surface area contributed by atoms with Gasteiger partial charge in [0.05, 0.1) is 25.8 Å². The first kappa shape index (κ1) is 24.9. The second-order valence-corrected chi connectivity index (χ2v) is 9.68. The minimum atomic E-state index is -4.34. The Hall–Kier alpha value is -2.79. The summed E-state index contributed by atoms with van der Waals surface area (Å²) < 4.78 is 60.9. The molecule has 0 spiro atoms. The van der Waals surface area contributed by atoms with E-state index in [1.807, 2.05) is 6.07 Å². The summed E-state index contributed by atoms with van der Waals surface area (Å²) in [7, 11) is 1.41. The van der Waals surface area contributed by atoms with Crippen LogP contribution in [0.4, 0.5) is 17.6 Å². The van der Waals surface area contributed by atoms with Crippen molar-refractivity contribution in [1.29, 1.82) is 0 Å². The van der Waals surface area contributed by atoms with Crippen molar-refractivity contribution in [3.63, 3.8) is 0 Å². The molecule has 11 heteroatoms. The average molecular weight is 507 g/mol. The zero-order valence-corrected chi connectivity index (χ0v) is 20.6. The van der Waals surface area contributed by atoms with Crippen molar-refractivity contribution in [3.8, 4) is 6.01 Å². The molecule has 0 N–H and O–H groups in total. The zero-order valence-electron chi connectivity index (χ0n) is 20.6. The van der Waals surface area contributed by atoms with Gasteiger partial charge in [-0.05, 0) is 31.5 Å². The topological polar surface area (TPSA) is 59.3 Å². The van der Waals surface area contributed by atoms with E-state index in [-0.39, 0.29) is 24.8 Å². The number of piperazine rings is 1. The highest BCUT2D eigenvalue weighted by Gasteiger charge is 2.42. The maximum atomic E-state index is 15.3. The van der Waals surface area contributed by atoms with Gasteiger partial charge < -0.3 is 9.30 Å². The van der Waals surface area contributed by atoms with Crippen molar-refractivity contribution in [2.45, 2.75) is 64.5 Å². The molecule has 36 heavy (non-hydrogen) atoms. The smallest absolute Gasteiger partial charge is 0.389 e. The van der Waals surface area contributed by atoms with Crippen molar-refractivity contribution >= 4 is 11.2 Å². The monoisotopic (exact) mass is 506 g/mol. The van der Waals surface area contributed by atoms with Gasteiger partial charge in [-0.15, -0.1) is 0 Å². The molecule has 7 nitrogen and oxygen atoms in total. The average Bonchev–Trinajstić information content (AvgIpc) is 3.51. The fourth-order valence-electron chi connectivity index (χ4n) is 5.49. The summed E-state index contributed by atoms with van der Waals surface area (Å²) in [4.78, 5) is 17.8. The lowest BCUT2D eigenvalue weighted by Crippen LogP contribution is -2.45. The number of methoxy groups -OCH3 is 1. The minimum Gasteiger partial charge on any atom is -0.467 e. The Morgan fingerprint density at radius 1 is 1.06 bits per heavy atom. The lowest BCUT2D eigenvalue weighted by molar-refractivity contribution is -0.134. The summed E-state index contributed by atoms with van der Waals surface area (Å²) in [5, 5.41) is 0. The molecule has 0 radical (unpaired) electrons. The zero-order chi connectivity index (χ0) is 25.6. The predicted molar refractivity (Wildman–Crippen MR) is 126 cm³/mol. The van der Waals surface area contributed by atoms with Crippen molar-refractivity contribution in [2.75, 3.05) is 26.7 Å². The van der Waals surface area contributed by atoms with Crippen LogP contribution in [0.3, 0.4) is 0 Å². The number of aromatic nitrogens is 4. The van der Waals surface area contributed by atoms with Crippen LogP contribution in [-0.4, -0.2) is 74.3 Å². The number of nitrogens with zero attached hydrogens (tertiary/aromatic N) is 6. The van der Waals surface area contributed by atoms with E-state index in [0.29, 0.717) is 41.0 Å². The summed E-state index contributed by atoms with van der Waals surface area (Å²) in [6.45, 7) is 7.67. The molecule has 2 bridgehead atoms. The number of aryl methyl sites for hydroxylation is 2. The largest absolute Gasteiger partial charge is 0.467 e. The predicted octanol–water partition coefficient (Wildman–Crippen LogP) is 4.10. The summed E-state index contributed by atoms with van der Waals surface area (Å²) >= 11 is 0. The lowest BCUT2D eigenvalue weighted by atomic mass is 10.1. The van der Waals surface area contributed by atoms with Gasteiger partial charge in [-0.1, -0.05) is 19.1 Å². The van der Waals surface area contributed by atoms with Gasteiger partial charge in [-0.25, -0.2) is 9.37 Å². The Bertz CT molecular complexity index is 1260. The summed E-state index contributed by atoms with van der Waals surface area (Å²) in [6, 6.07) is 6.31. The number of rotatable bonds is 8. The number of likely N-dealkylation sites (N-methyl/N-ethyl adjacent to an activating group) is 1. The number of likely N-dealkylation sites (tertiary alicyclic amines) is 2. The second kappa shape index (κ2) is 9.59. The number of hydrogen-bond donors (Lipinski definition) is 0. The maximum absolute atomic E-state index is 15.3. The van der Waals surface area contributed by atoms with E-state index in [1.54, 1.807) is 13.0 Å². The molecule has 2 atom stereocenters. The van der Waals surface area contributed by atoms with Crippen LogP contribution >= 0.6 is 0 Å². The summed E-state index contributed by atoms with van der Waals surface area (Å²) in [6.07, 6.45) is -4.55. The molecule has 0 aliphatic carbocycles. The number of hydrogen-bond acceptors (Lipinski definition) is 6. The molecule has 5 rings (SSSR count). The van der Waals surface area contributed by atoms with Gasteiger partial charge in [-0.3, -0.25) is 9.80 Å². The van der Waals surface area contributed by atoms with Crippen LogP contribution in [0.15, 0.2) is 18.2 Å². The van der Waals surface area contributed by atoms with Gasteiger partial charge in [0.15, 0.2) is 5.65 Å². The van der Waals surface area contributed by atoms with Crippen LogP contribution in [0, 0.1) is 12.7 Å². The van der Waals surface area contributed by atoms with Gasteiger partial charge in [0.25, 0.3) is 0 Å². The first-order chi connectivity index (χ1) is 17.1. The van der Waals surface area contributed by atoms with Gasteiger partial charge in [-0.2, -0.15) is 23.1 Å². The molecule has 0 saturated carbocycles. The SMILES string of the molecule is CCN1C[C@H]2C[C@@H]1CN2Cc1ccc(Cn2c(CCC(F)(F)F)nc3c(C)nc(OC)nc32)c(F)c1. The molecule has 2 fully saturated rings. The molecule has 4 heterocycles. The van der Waals surface area contributed by atoms with Crippen LogP contribution in [0.25, 0.3) is 11.2 Å². The molecule has 0 amide bonds. The van der Waals surface area contributed by atoms with Crippen LogP contribution in [0.1, 0.15) is 42.4 Å². The molecule has 3 aromatic rings. The normalized spacial score (nSPS) is 20.6. The molecule has 2 saturated heterocycles. The van der Waals surface area contributed by atoms with E-state index < -0.39 is 18.4 Å². The number of imidazole rings is 1. The van der Waals surface area contributed by atoms with E-state index in [9.17, 15) is 13.2 Å². The first-order valence-corrected chi connectivity index (χ1v) is 12.2.